The molecule has 0 radical (unpaired) electrons. The molecule has 9 nitrogen and oxygen atoms in total. The first-order valence-corrected chi connectivity index (χ1v) is 10.8. The van der Waals surface area contributed by atoms with Crippen LogP contribution in [0.5, 0.6) is 0 Å². The van der Waals surface area contributed by atoms with Crippen molar-refractivity contribution in [2.24, 2.45) is 0 Å². The third-order valence-corrected chi connectivity index (χ3v) is 6.75. The van der Waals surface area contributed by atoms with E-state index in [2.05, 4.69) is 0 Å². The Balaban J connectivity index is 2.11. The van der Waals surface area contributed by atoms with E-state index in [1.54, 1.807) is 0 Å². The number of rotatable bonds is 7. The summed E-state index contributed by atoms with van der Waals surface area (Å²) in [4.78, 5) is 36.9. The second-order valence-electron chi connectivity index (χ2n) is 6.90. The summed E-state index contributed by atoms with van der Waals surface area (Å²) in [7, 11) is -3.17. The summed E-state index contributed by atoms with van der Waals surface area (Å²) in [6.07, 6.45) is 0.983. The fourth-order valence-corrected chi connectivity index (χ4v) is 5.03. The first-order valence-electron chi connectivity index (χ1n) is 9.00. The number of hydrogen-bond acceptors (Lipinski definition) is 7. The molecule has 1 aliphatic rings. The van der Waals surface area contributed by atoms with Crippen LogP contribution in [0, 0.1) is 17.0 Å². The summed E-state index contributed by atoms with van der Waals surface area (Å²) in [6, 6.07) is 3.40. The van der Waals surface area contributed by atoms with Gasteiger partial charge in [-0.2, -0.15) is 0 Å². The monoisotopic (exact) mass is 412 g/mol. The van der Waals surface area contributed by atoms with Crippen molar-refractivity contribution in [1.29, 1.82) is 0 Å². The first-order chi connectivity index (χ1) is 13.1. The first kappa shape index (κ1) is 21.8. The molecular formula is C18H24N2O7S. The maximum Gasteiger partial charge on any atom is 0.339 e. The zero-order valence-corrected chi connectivity index (χ0v) is 16.9. The molecule has 0 saturated carbocycles. The zero-order valence-electron chi connectivity index (χ0n) is 16.1. The summed E-state index contributed by atoms with van der Waals surface area (Å²) in [5.74, 6) is -1.38. The van der Waals surface area contributed by atoms with Crippen LogP contribution in [0.1, 0.15) is 42.6 Å². The van der Waals surface area contributed by atoms with Crippen molar-refractivity contribution < 1.29 is 27.7 Å². The number of ether oxygens (including phenoxy) is 1. The van der Waals surface area contributed by atoms with E-state index in [1.165, 1.54) is 30.0 Å². The maximum atomic E-state index is 12.7. The molecule has 1 heterocycles. The number of hydrogen-bond donors (Lipinski definition) is 0. The fourth-order valence-electron chi connectivity index (χ4n) is 3.32. The zero-order chi connectivity index (χ0) is 21.1. The highest BCUT2D eigenvalue weighted by atomic mass is 32.2. The van der Waals surface area contributed by atoms with Crippen LogP contribution in [0.2, 0.25) is 0 Å². The van der Waals surface area contributed by atoms with E-state index in [4.69, 9.17) is 4.74 Å². The van der Waals surface area contributed by atoms with Gasteiger partial charge in [0, 0.05) is 23.7 Å². The number of nitrogens with zero attached hydrogens (tertiary/aromatic N) is 2. The topological polar surface area (TPSA) is 124 Å². The van der Waals surface area contributed by atoms with E-state index in [9.17, 15) is 28.1 Å². The van der Waals surface area contributed by atoms with Gasteiger partial charge in [0.15, 0.2) is 16.4 Å². The summed E-state index contributed by atoms with van der Waals surface area (Å²) >= 11 is 0. The van der Waals surface area contributed by atoms with Gasteiger partial charge in [0.2, 0.25) is 0 Å². The van der Waals surface area contributed by atoms with Crippen LogP contribution in [0.3, 0.4) is 0 Å². The Kier molecular flexibility index (Phi) is 6.76. The molecule has 0 unspecified atom stereocenters. The van der Waals surface area contributed by atoms with Gasteiger partial charge in [0.05, 0.1) is 22.0 Å². The molecule has 10 heteroatoms. The summed E-state index contributed by atoms with van der Waals surface area (Å²) in [6.45, 7) is 4.58. The molecule has 154 valence electrons. The number of esters is 1. The second kappa shape index (κ2) is 8.68. The molecule has 0 spiro atoms. The van der Waals surface area contributed by atoms with Crippen molar-refractivity contribution in [3.63, 3.8) is 0 Å². The quantitative estimate of drug-likeness (QED) is 0.380. The minimum Gasteiger partial charge on any atom is -0.452 e. The summed E-state index contributed by atoms with van der Waals surface area (Å²) in [5.41, 5.74) is -0.0377. The van der Waals surface area contributed by atoms with Crippen molar-refractivity contribution in [3.8, 4) is 0 Å². The van der Waals surface area contributed by atoms with Crippen LogP contribution >= 0.6 is 0 Å². The van der Waals surface area contributed by atoms with Crippen molar-refractivity contribution in [2.75, 3.05) is 18.1 Å². The molecule has 0 aliphatic carbocycles. The molecule has 1 saturated heterocycles. The minimum absolute atomic E-state index is 0.0144. The van der Waals surface area contributed by atoms with Gasteiger partial charge in [-0.15, -0.1) is 0 Å². The molecule has 0 aromatic heterocycles. The number of amides is 1. The summed E-state index contributed by atoms with van der Waals surface area (Å²) in [5, 5.41) is 11.0. The molecule has 1 fully saturated rings. The van der Waals surface area contributed by atoms with Crippen molar-refractivity contribution >= 4 is 27.4 Å². The molecule has 0 N–H and O–H groups in total. The smallest absolute Gasteiger partial charge is 0.339 e. The van der Waals surface area contributed by atoms with Gasteiger partial charge in [-0.3, -0.25) is 14.9 Å². The lowest BCUT2D eigenvalue weighted by Crippen LogP contribution is -2.48. The Morgan fingerprint density at radius 1 is 1.39 bits per heavy atom. The number of nitro groups is 1. The molecule has 2 rings (SSSR count). The third kappa shape index (κ3) is 4.86. The van der Waals surface area contributed by atoms with E-state index in [-0.39, 0.29) is 34.4 Å². The largest absolute Gasteiger partial charge is 0.452 e. The Morgan fingerprint density at radius 2 is 2.07 bits per heavy atom. The Bertz CT molecular complexity index is 882. The molecule has 1 aromatic carbocycles. The Hall–Kier alpha value is -2.49. The van der Waals surface area contributed by atoms with E-state index in [0.29, 0.717) is 12.8 Å². The average Bonchev–Trinajstić information content (AvgIpc) is 2.98. The van der Waals surface area contributed by atoms with Crippen LogP contribution in [0.25, 0.3) is 0 Å². The van der Waals surface area contributed by atoms with Gasteiger partial charge in [-0.25, -0.2) is 13.2 Å². The SMILES string of the molecule is CC[C@@H](C)N(C(=O)COC(=O)c1cccc([N+](=O)[O-])c1C)[C@@H]1CCS(=O)(=O)C1. The molecule has 0 bridgehead atoms. The van der Waals surface area contributed by atoms with Crippen molar-refractivity contribution in [1.82, 2.24) is 4.90 Å². The van der Waals surface area contributed by atoms with Crippen LogP contribution < -0.4 is 0 Å². The lowest BCUT2D eigenvalue weighted by molar-refractivity contribution is -0.385. The van der Waals surface area contributed by atoms with Gasteiger partial charge >= 0.3 is 5.97 Å². The van der Waals surface area contributed by atoms with Crippen molar-refractivity contribution in [2.45, 2.75) is 45.7 Å². The molecule has 2 atom stereocenters. The molecular weight excluding hydrogens is 388 g/mol. The molecule has 1 aromatic rings. The van der Waals surface area contributed by atoms with E-state index >= 15 is 0 Å². The highest BCUT2D eigenvalue weighted by molar-refractivity contribution is 7.91. The predicted molar refractivity (Wildman–Crippen MR) is 102 cm³/mol. The van der Waals surface area contributed by atoms with Crippen LogP contribution in [0.15, 0.2) is 18.2 Å². The lowest BCUT2D eigenvalue weighted by Gasteiger charge is -2.33. The third-order valence-electron chi connectivity index (χ3n) is 5.00. The lowest BCUT2D eigenvalue weighted by atomic mass is 10.1. The second-order valence-corrected chi connectivity index (χ2v) is 9.13. The number of benzene rings is 1. The van der Waals surface area contributed by atoms with E-state index in [1.807, 2.05) is 13.8 Å². The molecule has 1 aliphatic heterocycles. The number of nitro benzene ring substituents is 1. The standard InChI is InChI=1S/C18H24N2O7S/c1-4-12(2)19(14-8-9-28(25,26)11-14)17(21)10-27-18(22)15-6-5-7-16(13(15)3)20(23)24/h5-7,12,14H,4,8-11H2,1-3H3/t12-,14-/m1/s1. The van der Waals surface area contributed by atoms with Gasteiger partial charge in [0.25, 0.3) is 11.6 Å². The predicted octanol–water partition coefficient (Wildman–Crippen LogP) is 1.87. The highest BCUT2D eigenvalue weighted by Crippen LogP contribution is 2.23. The van der Waals surface area contributed by atoms with E-state index < -0.39 is 39.3 Å². The average molecular weight is 412 g/mol. The van der Waals surface area contributed by atoms with Crippen LogP contribution in [0.4, 0.5) is 5.69 Å². The minimum atomic E-state index is -3.17. The maximum absolute atomic E-state index is 12.7. The number of carbonyl (C=O) groups is 2. The molecule has 28 heavy (non-hydrogen) atoms. The van der Waals surface area contributed by atoms with Crippen LogP contribution in [-0.4, -0.2) is 60.3 Å². The van der Waals surface area contributed by atoms with Gasteiger partial charge < -0.3 is 9.64 Å². The van der Waals surface area contributed by atoms with E-state index in [0.717, 1.165) is 0 Å². The van der Waals surface area contributed by atoms with Crippen molar-refractivity contribution in [3.05, 3.63) is 39.4 Å². The van der Waals surface area contributed by atoms with Gasteiger partial charge in [0.1, 0.15) is 0 Å². The van der Waals surface area contributed by atoms with Gasteiger partial charge in [-0.05, 0) is 32.8 Å². The highest BCUT2D eigenvalue weighted by Gasteiger charge is 2.36. The summed E-state index contributed by atoms with van der Waals surface area (Å²) < 4.78 is 28.6. The van der Waals surface area contributed by atoms with Crippen LogP contribution in [-0.2, 0) is 19.4 Å². The van der Waals surface area contributed by atoms with Gasteiger partial charge in [-0.1, -0.05) is 13.0 Å². The Morgan fingerprint density at radius 3 is 2.61 bits per heavy atom. The normalized spacial score (nSPS) is 19.0. The number of sulfone groups is 1. The Labute approximate surface area is 163 Å². The fraction of sp³-hybridized carbons (Fsp3) is 0.556. The molecule has 1 amide bonds. The number of carbonyl (C=O) groups excluding carboxylic acids is 2.